The fourth-order valence-corrected chi connectivity index (χ4v) is 3.59. The summed E-state index contributed by atoms with van der Waals surface area (Å²) in [6.07, 6.45) is 8.10. The zero-order valence-corrected chi connectivity index (χ0v) is 13.6. The number of carbonyl (C=O) groups is 1. The van der Waals surface area contributed by atoms with Gasteiger partial charge < -0.3 is 11.1 Å². The Morgan fingerprint density at radius 1 is 1.20 bits per heavy atom. The quantitative estimate of drug-likeness (QED) is 0.828. The van der Waals surface area contributed by atoms with E-state index in [1.807, 2.05) is 0 Å². The lowest BCUT2D eigenvalue weighted by molar-refractivity contribution is -0.131. The summed E-state index contributed by atoms with van der Waals surface area (Å²) in [4.78, 5) is 15.0. The molecule has 1 saturated heterocycles. The maximum absolute atomic E-state index is 12.4. The number of nitrogens with one attached hydrogen (secondary N) is 1. The summed E-state index contributed by atoms with van der Waals surface area (Å²) < 4.78 is 0. The normalized spacial score (nSPS) is 28.6. The van der Waals surface area contributed by atoms with Crippen LogP contribution >= 0.6 is 24.8 Å². The van der Waals surface area contributed by atoms with E-state index in [0.29, 0.717) is 12.6 Å². The van der Waals surface area contributed by atoms with Crippen LogP contribution in [0.1, 0.15) is 44.9 Å². The van der Waals surface area contributed by atoms with Crippen LogP contribution in [-0.4, -0.2) is 42.5 Å². The highest BCUT2D eigenvalue weighted by atomic mass is 35.5. The van der Waals surface area contributed by atoms with Crippen molar-refractivity contribution in [2.75, 3.05) is 19.6 Å². The SMILES string of the molecule is Cl.Cl.NCC1(C(=O)NC2CCN(C3CC3)C2)CCCC1. The standard InChI is InChI=1S/C14H25N3O.2ClH/c15-10-14(6-1-2-7-14)13(18)16-11-5-8-17(9-11)12-3-4-12;;/h11-12H,1-10,15H2,(H,16,18);2*1H. The molecule has 1 aliphatic heterocycles. The average Bonchev–Trinajstić information content (AvgIpc) is 2.93. The van der Waals surface area contributed by atoms with Crippen LogP contribution in [0.4, 0.5) is 0 Å². The summed E-state index contributed by atoms with van der Waals surface area (Å²) in [6.45, 7) is 2.72. The third kappa shape index (κ3) is 3.59. The maximum Gasteiger partial charge on any atom is 0.227 e. The summed E-state index contributed by atoms with van der Waals surface area (Å²) in [5, 5.41) is 3.26. The monoisotopic (exact) mass is 323 g/mol. The van der Waals surface area contributed by atoms with Crippen LogP contribution in [0.25, 0.3) is 0 Å². The molecule has 20 heavy (non-hydrogen) atoms. The molecule has 6 heteroatoms. The first kappa shape index (κ1) is 18.0. The van der Waals surface area contributed by atoms with Crippen LogP contribution in [-0.2, 0) is 4.79 Å². The van der Waals surface area contributed by atoms with Crippen LogP contribution in [0.15, 0.2) is 0 Å². The molecule has 0 spiro atoms. The molecule has 0 aromatic carbocycles. The van der Waals surface area contributed by atoms with E-state index in [2.05, 4.69) is 10.2 Å². The molecule has 3 aliphatic rings. The Kier molecular flexibility index (Phi) is 6.58. The summed E-state index contributed by atoms with van der Waals surface area (Å²) in [5.74, 6) is 0.227. The van der Waals surface area contributed by atoms with Crippen molar-refractivity contribution < 1.29 is 4.79 Å². The number of nitrogens with two attached hydrogens (primary N) is 1. The lowest BCUT2D eigenvalue weighted by Gasteiger charge is -2.28. The molecule has 1 heterocycles. The first-order valence-corrected chi connectivity index (χ1v) is 7.49. The Balaban J connectivity index is 0.000001000. The summed E-state index contributed by atoms with van der Waals surface area (Å²) in [6, 6.07) is 1.18. The molecule has 118 valence electrons. The van der Waals surface area contributed by atoms with Gasteiger partial charge in [-0.3, -0.25) is 9.69 Å². The molecule has 2 saturated carbocycles. The predicted octanol–water partition coefficient (Wildman–Crippen LogP) is 1.70. The highest BCUT2D eigenvalue weighted by molar-refractivity contribution is 5.85. The van der Waals surface area contributed by atoms with Crippen molar-refractivity contribution in [3.8, 4) is 0 Å². The molecule has 4 nitrogen and oxygen atoms in total. The molecule has 2 aliphatic carbocycles. The number of halogens is 2. The molecular weight excluding hydrogens is 297 g/mol. The van der Waals surface area contributed by atoms with Gasteiger partial charge in [-0.2, -0.15) is 0 Å². The Hall–Kier alpha value is -0.0300. The Bertz CT molecular complexity index is 330. The van der Waals surface area contributed by atoms with Gasteiger partial charge in [-0.1, -0.05) is 12.8 Å². The van der Waals surface area contributed by atoms with Crippen molar-refractivity contribution in [3.05, 3.63) is 0 Å². The lowest BCUT2D eigenvalue weighted by Crippen LogP contribution is -2.48. The number of likely N-dealkylation sites (tertiary alicyclic amines) is 1. The maximum atomic E-state index is 12.4. The van der Waals surface area contributed by atoms with Gasteiger partial charge in [0.25, 0.3) is 0 Å². The van der Waals surface area contributed by atoms with E-state index in [4.69, 9.17) is 5.73 Å². The lowest BCUT2D eigenvalue weighted by atomic mass is 9.85. The Labute approximate surface area is 134 Å². The van der Waals surface area contributed by atoms with Crippen molar-refractivity contribution in [1.82, 2.24) is 10.2 Å². The summed E-state index contributed by atoms with van der Waals surface area (Å²) in [7, 11) is 0. The Morgan fingerprint density at radius 2 is 1.85 bits per heavy atom. The highest BCUT2D eigenvalue weighted by Gasteiger charge is 2.42. The van der Waals surface area contributed by atoms with Crippen molar-refractivity contribution >= 4 is 30.7 Å². The molecule has 1 unspecified atom stereocenters. The molecule has 3 fully saturated rings. The topological polar surface area (TPSA) is 58.4 Å². The van der Waals surface area contributed by atoms with Crippen LogP contribution in [0.3, 0.4) is 0 Å². The predicted molar refractivity (Wildman–Crippen MR) is 85.6 cm³/mol. The smallest absolute Gasteiger partial charge is 0.227 e. The van der Waals surface area contributed by atoms with Crippen molar-refractivity contribution in [3.63, 3.8) is 0 Å². The first-order valence-electron chi connectivity index (χ1n) is 7.49. The van der Waals surface area contributed by atoms with E-state index in [1.54, 1.807) is 0 Å². The van der Waals surface area contributed by atoms with Gasteiger partial charge in [0.1, 0.15) is 0 Å². The average molecular weight is 324 g/mol. The first-order chi connectivity index (χ1) is 8.73. The van der Waals surface area contributed by atoms with Gasteiger partial charge in [-0.15, -0.1) is 24.8 Å². The molecular formula is C14H27Cl2N3O. The zero-order chi connectivity index (χ0) is 12.6. The number of rotatable bonds is 4. The van der Waals surface area contributed by atoms with Crippen molar-refractivity contribution in [2.24, 2.45) is 11.1 Å². The van der Waals surface area contributed by atoms with Crippen LogP contribution in [0.2, 0.25) is 0 Å². The van der Waals surface area contributed by atoms with Crippen molar-refractivity contribution in [1.29, 1.82) is 0 Å². The minimum atomic E-state index is -0.243. The van der Waals surface area contributed by atoms with Crippen LogP contribution in [0.5, 0.6) is 0 Å². The fraction of sp³-hybridized carbons (Fsp3) is 0.929. The van der Waals surface area contributed by atoms with Gasteiger partial charge in [0.05, 0.1) is 5.41 Å². The zero-order valence-electron chi connectivity index (χ0n) is 12.0. The third-order valence-corrected chi connectivity index (χ3v) is 5.05. The second-order valence-corrected chi connectivity index (χ2v) is 6.38. The van der Waals surface area contributed by atoms with E-state index < -0.39 is 0 Å². The largest absolute Gasteiger partial charge is 0.352 e. The fourth-order valence-electron chi connectivity index (χ4n) is 3.59. The van der Waals surface area contributed by atoms with E-state index in [-0.39, 0.29) is 36.1 Å². The van der Waals surface area contributed by atoms with Gasteiger partial charge in [-0.25, -0.2) is 0 Å². The molecule has 0 aromatic rings. The van der Waals surface area contributed by atoms with Gasteiger partial charge in [0.2, 0.25) is 5.91 Å². The molecule has 0 radical (unpaired) electrons. The summed E-state index contributed by atoms with van der Waals surface area (Å²) in [5.41, 5.74) is 5.62. The molecule has 3 N–H and O–H groups in total. The number of amides is 1. The second-order valence-electron chi connectivity index (χ2n) is 6.38. The van der Waals surface area contributed by atoms with Gasteiger partial charge in [0, 0.05) is 31.7 Å². The number of carbonyl (C=O) groups excluding carboxylic acids is 1. The highest BCUT2D eigenvalue weighted by Crippen LogP contribution is 2.37. The van der Waals surface area contributed by atoms with Crippen LogP contribution < -0.4 is 11.1 Å². The number of nitrogens with zero attached hydrogens (tertiary/aromatic N) is 1. The number of hydrogen-bond donors (Lipinski definition) is 2. The second kappa shape index (κ2) is 7.30. The molecule has 1 amide bonds. The minimum absolute atomic E-state index is 0. The van der Waals surface area contributed by atoms with E-state index in [0.717, 1.165) is 51.2 Å². The van der Waals surface area contributed by atoms with Gasteiger partial charge in [0.15, 0.2) is 0 Å². The summed E-state index contributed by atoms with van der Waals surface area (Å²) >= 11 is 0. The van der Waals surface area contributed by atoms with Gasteiger partial charge >= 0.3 is 0 Å². The molecule has 0 bridgehead atoms. The minimum Gasteiger partial charge on any atom is -0.352 e. The van der Waals surface area contributed by atoms with E-state index >= 15 is 0 Å². The molecule has 3 rings (SSSR count). The van der Waals surface area contributed by atoms with E-state index in [9.17, 15) is 4.79 Å². The van der Waals surface area contributed by atoms with Crippen LogP contribution in [0, 0.1) is 5.41 Å². The Morgan fingerprint density at radius 3 is 2.40 bits per heavy atom. The third-order valence-electron chi connectivity index (χ3n) is 5.05. The van der Waals surface area contributed by atoms with Gasteiger partial charge in [-0.05, 0) is 32.1 Å². The molecule has 1 atom stereocenters. The van der Waals surface area contributed by atoms with E-state index in [1.165, 1.54) is 12.8 Å². The number of hydrogen-bond acceptors (Lipinski definition) is 3. The van der Waals surface area contributed by atoms with Crippen molar-refractivity contribution in [2.45, 2.75) is 57.0 Å². The molecule has 0 aromatic heterocycles.